The van der Waals surface area contributed by atoms with Gasteiger partial charge in [0.2, 0.25) is 5.13 Å². The van der Waals surface area contributed by atoms with Gasteiger partial charge in [0.1, 0.15) is 16.6 Å². The summed E-state index contributed by atoms with van der Waals surface area (Å²) in [6, 6.07) is 12.0. The Hall–Kier alpha value is -2.87. The van der Waals surface area contributed by atoms with Gasteiger partial charge in [-0.05, 0) is 42.0 Å². The summed E-state index contributed by atoms with van der Waals surface area (Å²) in [6.45, 7) is 2.47. The molecule has 1 saturated heterocycles. The molecule has 0 N–H and O–H groups in total. The normalized spacial score (nSPS) is 14.4. The highest BCUT2D eigenvalue weighted by Crippen LogP contribution is 2.24. The lowest BCUT2D eigenvalue weighted by Crippen LogP contribution is -2.48. The third-order valence-electron chi connectivity index (χ3n) is 4.65. The third-order valence-corrected chi connectivity index (χ3v) is 5.64. The minimum Gasteiger partial charge on any atom is -0.343 e. The number of nitrogens with zero attached hydrogens (tertiary/aromatic N) is 4. The topological polar surface area (TPSA) is 49.3 Å². The molecule has 1 fully saturated rings. The highest BCUT2D eigenvalue weighted by atomic mass is 32.1. The van der Waals surface area contributed by atoms with Gasteiger partial charge < -0.3 is 9.80 Å². The highest BCUT2D eigenvalue weighted by Gasteiger charge is 2.24. The molecule has 8 heteroatoms. The first-order valence-corrected chi connectivity index (χ1v) is 9.77. The number of aromatic nitrogens is 2. The third kappa shape index (κ3) is 4.17. The van der Waals surface area contributed by atoms with Crippen molar-refractivity contribution < 1.29 is 13.6 Å². The number of hydrogen-bond donors (Lipinski definition) is 0. The van der Waals surface area contributed by atoms with Crippen molar-refractivity contribution in [1.82, 2.24) is 15.1 Å². The van der Waals surface area contributed by atoms with Crippen LogP contribution in [0, 0.1) is 11.6 Å². The van der Waals surface area contributed by atoms with E-state index in [2.05, 4.69) is 15.1 Å². The van der Waals surface area contributed by atoms with Gasteiger partial charge in [0.05, 0.1) is 0 Å². The van der Waals surface area contributed by atoms with Crippen molar-refractivity contribution in [2.24, 2.45) is 0 Å². The Morgan fingerprint density at radius 1 is 0.893 bits per heavy atom. The zero-order chi connectivity index (χ0) is 19.5. The lowest BCUT2D eigenvalue weighted by molar-refractivity contribution is 0.0746. The standard InChI is InChI=1S/C20H18F2N4OS/c21-16-5-1-14(2-6-16)13-18-23-24-20(28-18)26-11-9-25(10-12-26)19(27)15-3-7-17(22)8-4-15/h1-8H,9-13H2. The quantitative estimate of drug-likeness (QED) is 0.674. The molecule has 0 unspecified atom stereocenters. The van der Waals surface area contributed by atoms with Gasteiger partial charge in [0.15, 0.2) is 0 Å². The van der Waals surface area contributed by atoms with Crippen LogP contribution in [0.25, 0.3) is 0 Å². The van der Waals surface area contributed by atoms with Crippen molar-refractivity contribution in [2.75, 3.05) is 31.1 Å². The molecule has 144 valence electrons. The van der Waals surface area contributed by atoms with Crippen LogP contribution in [0.3, 0.4) is 0 Å². The first-order valence-electron chi connectivity index (χ1n) is 8.95. The fourth-order valence-corrected chi connectivity index (χ4v) is 4.02. The first kappa shape index (κ1) is 18.5. The fraction of sp³-hybridized carbons (Fsp3) is 0.250. The number of hydrogen-bond acceptors (Lipinski definition) is 5. The molecule has 3 aromatic rings. The fourth-order valence-electron chi connectivity index (χ4n) is 3.10. The maximum absolute atomic E-state index is 13.0. The van der Waals surface area contributed by atoms with Crippen molar-refractivity contribution in [1.29, 1.82) is 0 Å². The molecule has 1 aliphatic rings. The maximum Gasteiger partial charge on any atom is 0.253 e. The smallest absolute Gasteiger partial charge is 0.253 e. The predicted molar refractivity (Wildman–Crippen MR) is 104 cm³/mol. The number of rotatable bonds is 4. The predicted octanol–water partition coefficient (Wildman–Crippen LogP) is 3.37. The summed E-state index contributed by atoms with van der Waals surface area (Å²) in [7, 11) is 0. The van der Waals surface area contributed by atoms with E-state index in [1.807, 2.05) is 0 Å². The van der Waals surface area contributed by atoms with E-state index in [1.54, 1.807) is 17.0 Å². The molecule has 1 aromatic heterocycles. The lowest BCUT2D eigenvalue weighted by atomic mass is 10.2. The Balaban J connectivity index is 1.35. The van der Waals surface area contributed by atoms with Crippen molar-refractivity contribution in [3.05, 3.63) is 76.3 Å². The Bertz CT molecular complexity index is 951. The van der Waals surface area contributed by atoms with Crippen LogP contribution in [0.2, 0.25) is 0 Å². The van der Waals surface area contributed by atoms with Gasteiger partial charge in [0.25, 0.3) is 5.91 Å². The average molecular weight is 400 g/mol. The summed E-state index contributed by atoms with van der Waals surface area (Å²) in [5, 5.41) is 10.2. The Morgan fingerprint density at radius 3 is 2.14 bits per heavy atom. The largest absolute Gasteiger partial charge is 0.343 e. The van der Waals surface area contributed by atoms with Crippen molar-refractivity contribution in [2.45, 2.75) is 6.42 Å². The average Bonchev–Trinajstić information content (AvgIpc) is 3.18. The molecule has 0 aliphatic carbocycles. The molecule has 2 aromatic carbocycles. The van der Waals surface area contributed by atoms with Crippen LogP contribution in [0.5, 0.6) is 0 Å². The number of anilines is 1. The van der Waals surface area contributed by atoms with E-state index < -0.39 is 0 Å². The molecular formula is C20H18F2N4OS. The van der Waals surface area contributed by atoms with E-state index in [0.717, 1.165) is 15.7 Å². The Labute approximate surface area is 165 Å². The second-order valence-electron chi connectivity index (χ2n) is 6.57. The number of halogens is 2. The van der Waals surface area contributed by atoms with Gasteiger partial charge in [-0.3, -0.25) is 4.79 Å². The van der Waals surface area contributed by atoms with E-state index >= 15 is 0 Å². The molecule has 0 saturated carbocycles. The minimum absolute atomic E-state index is 0.0890. The van der Waals surface area contributed by atoms with E-state index in [-0.39, 0.29) is 17.5 Å². The van der Waals surface area contributed by atoms with Crippen LogP contribution in [-0.2, 0) is 6.42 Å². The molecule has 0 radical (unpaired) electrons. The van der Waals surface area contributed by atoms with Crippen LogP contribution >= 0.6 is 11.3 Å². The summed E-state index contributed by atoms with van der Waals surface area (Å²) < 4.78 is 26.0. The molecule has 5 nitrogen and oxygen atoms in total. The molecule has 0 spiro atoms. The second-order valence-corrected chi connectivity index (χ2v) is 7.61. The summed E-state index contributed by atoms with van der Waals surface area (Å²) in [5.41, 5.74) is 1.48. The summed E-state index contributed by atoms with van der Waals surface area (Å²) in [5.74, 6) is -0.697. The second kappa shape index (κ2) is 8.02. The number of piperazine rings is 1. The van der Waals surface area contributed by atoms with E-state index in [9.17, 15) is 13.6 Å². The number of carbonyl (C=O) groups is 1. The molecular weight excluding hydrogens is 382 g/mol. The first-order chi connectivity index (χ1) is 13.6. The van der Waals surface area contributed by atoms with Crippen LogP contribution in [0.15, 0.2) is 48.5 Å². The van der Waals surface area contributed by atoms with Crippen LogP contribution < -0.4 is 4.90 Å². The summed E-state index contributed by atoms with van der Waals surface area (Å²) >= 11 is 1.51. The van der Waals surface area contributed by atoms with Gasteiger partial charge in [-0.15, -0.1) is 10.2 Å². The monoisotopic (exact) mass is 400 g/mol. The molecule has 4 rings (SSSR count). The zero-order valence-corrected chi connectivity index (χ0v) is 15.8. The Morgan fingerprint density at radius 2 is 1.50 bits per heavy atom. The van der Waals surface area contributed by atoms with Gasteiger partial charge in [-0.25, -0.2) is 8.78 Å². The van der Waals surface area contributed by atoms with Gasteiger partial charge in [-0.2, -0.15) is 0 Å². The summed E-state index contributed by atoms with van der Waals surface area (Å²) in [4.78, 5) is 16.4. The highest BCUT2D eigenvalue weighted by molar-refractivity contribution is 7.15. The molecule has 28 heavy (non-hydrogen) atoms. The van der Waals surface area contributed by atoms with E-state index in [0.29, 0.717) is 38.2 Å². The molecule has 2 heterocycles. The molecule has 1 aliphatic heterocycles. The van der Waals surface area contributed by atoms with Gasteiger partial charge in [-0.1, -0.05) is 23.5 Å². The van der Waals surface area contributed by atoms with Gasteiger partial charge in [0, 0.05) is 38.2 Å². The maximum atomic E-state index is 13.0. The van der Waals surface area contributed by atoms with Crippen molar-refractivity contribution in [3.8, 4) is 0 Å². The molecule has 1 amide bonds. The lowest BCUT2D eigenvalue weighted by Gasteiger charge is -2.34. The van der Waals surface area contributed by atoms with Crippen molar-refractivity contribution >= 4 is 22.4 Å². The van der Waals surface area contributed by atoms with Gasteiger partial charge >= 0.3 is 0 Å². The number of carbonyl (C=O) groups excluding carboxylic acids is 1. The van der Waals surface area contributed by atoms with Crippen LogP contribution in [0.1, 0.15) is 20.9 Å². The number of amides is 1. The molecule has 0 bridgehead atoms. The minimum atomic E-state index is -0.353. The van der Waals surface area contributed by atoms with Crippen LogP contribution in [0.4, 0.5) is 13.9 Å². The number of benzene rings is 2. The van der Waals surface area contributed by atoms with Crippen LogP contribution in [-0.4, -0.2) is 47.2 Å². The van der Waals surface area contributed by atoms with E-state index in [4.69, 9.17) is 0 Å². The zero-order valence-electron chi connectivity index (χ0n) is 15.0. The van der Waals surface area contributed by atoms with E-state index in [1.165, 1.54) is 47.7 Å². The Kier molecular flexibility index (Phi) is 5.29. The SMILES string of the molecule is O=C(c1ccc(F)cc1)N1CCN(c2nnc(Cc3ccc(F)cc3)s2)CC1. The summed E-state index contributed by atoms with van der Waals surface area (Å²) in [6.07, 6.45) is 0.612. The molecule has 0 atom stereocenters. The van der Waals surface area contributed by atoms with Crippen molar-refractivity contribution in [3.63, 3.8) is 0 Å².